The summed E-state index contributed by atoms with van der Waals surface area (Å²) >= 11 is 0. The average molecular weight is 416 g/mol. The SMILES string of the molecule is COc1ccc(NC(=O)C[NH+](CC(=O)Nc2ccc(OC)cc2)C(C)(C)CO)cc1. The Bertz CT molecular complexity index is 771. The monoisotopic (exact) mass is 416 g/mol. The van der Waals surface area contributed by atoms with E-state index in [1.165, 1.54) is 0 Å². The maximum atomic E-state index is 12.6. The fourth-order valence-corrected chi connectivity index (χ4v) is 2.80. The Hall–Kier alpha value is -3.10. The van der Waals surface area contributed by atoms with Gasteiger partial charge >= 0.3 is 0 Å². The third-order valence-corrected chi connectivity index (χ3v) is 4.85. The number of rotatable bonds is 10. The fourth-order valence-electron chi connectivity index (χ4n) is 2.80. The van der Waals surface area contributed by atoms with Gasteiger partial charge in [0.2, 0.25) is 0 Å². The zero-order valence-electron chi connectivity index (χ0n) is 17.8. The van der Waals surface area contributed by atoms with E-state index >= 15 is 0 Å². The second-order valence-electron chi connectivity index (χ2n) is 7.55. The molecule has 0 aliphatic carbocycles. The van der Waals surface area contributed by atoms with Crippen molar-refractivity contribution in [2.24, 2.45) is 0 Å². The smallest absolute Gasteiger partial charge is 0.279 e. The Balaban J connectivity index is 2.01. The minimum atomic E-state index is -0.686. The highest BCUT2D eigenvalue weighted by molar-refractivity contribution is 5.93. The summed E-state index contributed by atoms with van der Waals surface area (Å²) in [5, 5.41) is 15.4. The van der Waals surface area contributed by atoms with Crippen LogP contribution in [0, 0.1) is 0 Å². The van der Waals surface area contributed by atoms with Crippen molar-refractivity contribution in [1.82, 2.24) is 0 Å². The molecule has 8 nitrogen and oxygen atoms in total. The summed E-state index contributed by atoms with van der Waals surface area (Å²) < 4.78 is 10.2. The molecule has 0 aliphatic heterocycles. The van der Waals surface area contributed by atoms with Gasteiger partial charge in [-0.3, -0.25) is 9.59 Å². The van der Waals surface area contributed by atoms with Gasteiger partial charge in [0, 0.05) is 11.4 Å². The number of ether oxygens (including phenoxy) is 2. The number of aliphatic hydroxyl groups is 1. The van der Waals surface area contributed by atoms with Crippen LogP contribution in [0.1, 0.15) is 13.8 Å². The number of aliphatic hydroxyl groups excluding tert-OH is 1. The second kappa shape index (κ2) is 10.6. The van der Waals surface area contributed by atoms with Crippen molar-refractivity contribution >= 4 is 23.2 Å². The van der Waals surface area contributed by atoms with Crippen LogP contribution in [0.5, 0.6) is 11.5 Å². The quantitative estimate of drug-likeness (QED) is 0.462. The molecule has 0 fully saturated rings. The van der Waals surface area contributed by atoms with E-state index in [4.69, 9.17) is 9.47 Å². The molecule has 0 unspecified atom stereocenters. The van der Waals surface area contributed by atoms with E-state index in [0.29, 0.717) is 27.8 Å². The van der Waals surface area contributed by atoms with Gasteiger partial charge < -0.3 is 30.1 Å². The minimum Gasteiger partial charge on any atom is -0.497 e. The van der Waals surface area contributed by atoms with E-state index in [1.54, 1.807) is 62.8 Å². The number of nitrogens with one attached hydrogen (secondary N) is 3. The molecule has 8 heteroatoms. The molecule has 0 bridgehead atoms. The van der Waals surface area contributed by atoms with Crippen LogP contribution in [0.2, 0.25) is 0 Å². The van der Waals surface area contributed by atoms with Crippen LogP contribution < -0.4 is 25.0 Å². The zero-order valence-corrected chi connectivity index (χ0v) is 17.8. The normalized spacial score (nSPS) is 11.1. The highest BCUT2D eigenvalue weighted by Gasteiger charge is 2.33. The summed E-state index contributed by atoms with van der Waals surface area (Å²) in [6.07, 6.45) is 0. The van der Waals surface area contributed by atoms with Gasteiger partial charge in [-0.15, -0.1) is 0 Å². The zero-order chi connectivity index (χ0) is 22.1. The molecule has 0 spiro atoms. The van der Waals surface area contributed by atoms with Crippen molar-refractivity contribution in [1.29, 1.82) is 0 Å². The first-order chi connectivity index (χ1) is 14.3. The third-order valence-electron chi connectivity index (χ3n) is 4.85. The lowest BCUT2D eigenvalue weighted by Gasteiger charge is -2.32. The predicted octanol–water partition coefficient (Wildman–Crippen LogP) is 0.937. The van der Waals surface area contributed by atoms with Crippen molar-refractivity contribution in [3.63, 3.8) is 0 Å². The number of methoxy groups -OCH3 is 2. The van der Waals surface area contributed by atoms with Crippen molar-refractivity contribution in [3.8, 4) is 11.5 Å². The molecule has 30 heavy (non-hydrogen) atoms. The van der Waals surface area contributed by atoms with Gasteiger partial charge in [0.25, 0.3) is 11.8 Å². The highest BCUT2D eigenvalue weighted by atomic mass is 16.5. The topological polar surface area (TPSA) is 101 Å². The first-order valence-electron chi connectivity index (χ1n) is 9.61. The molecule has 2 rings (SSSR count). The number of carbonyl (C=O) groups is 2. The Morgan fingerprint density at radius 2 is 1.20 bits per heavy atom. The van der Waals surface area contributed by atoms with Crippen LogP contribution >= 0.6 is 0 Å². The Labute approximate surface area is 176 Å². The highest BCUT2D eigenvalue weighted by Crippen LogP contribution is 2.15. The van der Waals surface area contributed by atoms with Crippen molar-refractivity contribution in [3.05, 3.63) is 48.5 Å². The number of quaternary nitrogens is 1. The lowest BCUT2D eigenvalue weighted by atomic mass is 10.0. The van der Waals surface area contributed by atoms with Crippen LogP contribution in [0.3, 0.4) is 0 Å². The summed E-state index contributed by atoms with van der Waals surface area (Å²) in [7, 11) is 3.14. The average Bonchev–Trinajstić information content (AvgIpc) is 2.74. The molecule has 2 amide bonds. The minimum absolute atomic E-state index is 0.0234. The number of carbonyl (C=O) groups excluding carboxylic acids is 2. The molecule has 0 saturated heterocycles. The van der Waals surface area contributed by atoms with Crippen molar-refractivity contribution in [2.45, 2.75) is 19.4 Å². The summed E-state index contributed by atoms with van der Waals surface area (Å²) in [4.78, 5) is 25.8. The molecule has 0 saturated carbocycles. The maximum Gasteiger partial charge on any atom is 0.279 e. The van der Waals surface area contributed by atoms with Gasteiger partial charge in [0.05, 0.1) is 20.8 Å². The van der Waals surface area contributed by atoms with E-state index in [-0.39, 0.29) is 31.5 Å². The Morgan fingerprint density at radius 3 is 1.50 bits per heavy atom. The number of hydrogen-bond donors (Lipinski definition) is 4. The number of hydrogen-bond acceptors (Lipinski definition) is 5. The molecule has 0 atom stereocenters. The maximum absolute atomic E-state index is 12.6. The van der Waals surface area contributed by atoms with Crippen molar-refractivity contribution in [2.75, 3.05) is 44.5 Å². The molecular formula is C22H30N3O5+. The van der Waals surface area contributed by atoms with E-state index in [9.17, 15) is 14.7 Å². The Morgan fingerprint density at radius 1 is 0.833 bits per heavy atom. The lowest BCUT2D eigenvalue weighted by molar-refractivity contribution is -0.934. The molecule has 0 aromatic heterocycles. The molecular weight excluding hydrogens is 386 g/mol. The molecule has 0 radical (unpaired) electrons. The molecule has 0 heterocycles. The van der Waals surface area contributed by atoms with Gasteiger partial charge in [-0.05, 0) is 62.4 Å². The first kappa shape index (κ1) is 23.2. The standard InChI is InChI=1S/C22H29N3O5/c1-22(2,15-26)25(13-20(27)23-16-5-9-18(29-3)10-6-16)14-21(28)24-17-7-11-19(30-4)12-8-17/h5-12,26H,13-15H2,1-4H3,(H,23,27)(H,24,28)/p+1. The van der Waals surface area contributed by atoms with E-state index in [2.05, 4.69) is 10.6 Å². The fraction of sp³-hybridized carbons (Fsp3) is 0.364. The first-order valence-corrected chi connectivity index (χ1v) is 9.61. The summed E-state index contributed by atoms with van der Waals surface area (Å²) in [6, 6.07) is 14.0. The van der Waals surface area contributed by atoms with Crippen LogP contribution in [0.15, 0.2) is 48.5 Å². The largest absolute Gasteiger partial charge is 0.497 e. The van der Waals surface area contributed by atoms with Crippen LogP contribution in [-0.2, 0) is 9.59 Å². The van der Waals surface area contributed by atoms with Gasteiger partial charge in [0.1, 0.15) is 17.0 Å². The summed E-state index contributed by atoms with van der Waals surface area (Å²) in [5.41, 5.74) is 0.573. The van der Waals surface area contributed by atoms with Gasteiger partial charge in [-0.25, -0.2) is 0 Å². The predicted molar refractivity (Wildman–Crippen MR) is 115 cm³/mol. The van der Waals surface area contributed by atoms with E-state index in [1.807, 2.05) is 13.8 Å². The summed E-state index contributed by atoms with van der Waals surface area (Å²) in [5.74, 6) is 0.872. The van der Waals surface area contributed by atoms with Crippen molar-refractivity contribution < 1.29 is 29.1 Å². The molecule has 2 aromatic rings. The second-order valence-corrected chi connectivity index (χ2v) is 7.55. The van der Waals surface area contributed by atoms with Crippen LogP contribution in [0.25, 0.3) is 0 Å². The number of amides is 2. The molecule has 162 valence electrons. The van der Waals surface area contributed by atoms with Gasteiger partial charge in [-0.1, -0.05) is 0 Å². The van der Waals surface area contributed by atoms with Gasteiger partial charge in [0.15, 0.2) is 13.1 Å². The number of anilines is 2. The number of benzene rings is 2. The Kier molecular flexibility index (Phi) is 8.20. The third kappa shape index (κ3) is 6.75. The molecule has 2 aromatic carbocycles. The van der Waals surface area contributed by atoms with Crippen LogP contribution in [0.4, 0.5) is 11.4 Å². The van der Waals surface area contributed by atoms with E-state index < -0.39 is 5.54 Å². The van der Waals surface area contributed by atoms with E-state index in [0.717, 1.165) is 0 Å². The molecule has 4 N–H and O–H groups in total. The van der Waals surface area contributed by atoms with Crippen LogP contribution in [-0.4, -0.2) is 56.4 Å². The molecule has 0 aliphatic rings. The summed E-state index contributed by atoms with van der Waals surface area (Å²) in [6.45, 7) is 3.49. The lowest BCUT2D eigenvalue weighted by Crippen LogP contribution is -3.21. The van der Waals surface area contributed by atoms with Gasteiger partial charge in [-0.2, -0.15) is 0 Å².